The summed E-state index contributed by atoms with van der Waals surface area (Å²) in [4.78, 5) is 4.40. The summed E-state index contributed by atoms with van der Waals surface area (Å²) in [6, 6.07) is 9.50. The van der Waals surface area contributed by atoms with E-state index >= 15 is 0 Å². The maximum atomic E-state index is 12.9. The van der Waals surface area contributed by atoms with E-state index in [0.717, 1.165) is 37.7 Å². The molecule has 0 aliphatic heterocycles. The molecule has 1 N–H and O–H groups in total. The molecule has 1 fully saturated rings. The SMILES string of the molecule is O=S(=O)(NC1CCCc2ccccc21)c1cc(-c2noc(C3CC3)n2)cs1. The van der Waals surface area contributed by atoms with Crippen molar-refractivity contribution in [1.82, 2.24) is 14.9 Å². The maximum absolute atomic E-state index is 12.9. The fraction of sp³-hybridized carbons (Fsp3) is 0.368. The standard InChI is InChI=1S/C19H19N3O3S2/c23-27(24,22-16-7-3-5-12-4-1-2-6-15(12)16)17-10-14(11-26-17)18-20-19(25-21-18)13-8-9-13/h1-2,4,6,10-11,13,16,22H,3,5,7-9H2. The Balaban J connectivity index is 1.39. The molecule has 2 aromatic heterocycles. The second-order valence-corrected chi connectivity index (χ2v) is 10.0. The molecule has 27 heavy (non-hydrogen) atoms. The van der Waals surface area contributed by atoms with Gasteiger partial charge in [-0.25, -0.2) is 13.1 Å². The van der Waals surface area contributed by atoms with Crippen LogP contribution >= 0.6 is 11.3 Å². The van der Waals surface area contributed by atoms with Crippen molar-refractivity contribution >= 4 is 21.4 Å². The molecule has 0 saturated heterocycles. The Hall–Kier alpha value is -2.03. The summed E-state index contributed by atoms with van der Waals surface area (Å²) in [7, 11) is -3.60. The second-order valence-electron chi connectivity index (χ2n) is 7.15. The molecular formula is C19H19N3O3S2. The largest absolute Gasteiger partial charge is 0.339 e. The van der Waals surface area contributed by atoms with Crippen molar-refractivity contribution in [1.29, 1.82) is 0 Å². The highest BCUT2D eigenvalue weighted by Gasteiger charge is 2.30. The Kier molecular flexibility index (Phi) is 4.14. The molecule has 2 aliphatic carbocycles. The summed E-state index contributed by atoms with van der Waals surface area (Å²) in [5.41, 5.74) is 2.99. The summed E-state index contributed by atoms with van der Waals surface area (Å²) in [6.07, 6.45) is 4.95. The second kappa shape index (κ2) is 6.54. The van der Waals surface area contributed by atoms with E-state index in [0.29, 0.717) is 23.2 Å². The van der Waals surface area contributed by atoms with Gasteiger partial charge in [0, 0.05) is 22.9 Å². The fourth-order valence-electron chi connectivity index (χ4n) is 3.55. The summed E-state index contributed by atoms with van der Waals surface area (Å²) in [5.74, 6) is 1.48. The number of aromatic nitrogens is 2. The van der Waals surface area contributed by atoms with Crippen LogP contribution in [0.25, 0.3) is 11.4 Å². The first-order valence-corrected chi connectivity index (χ1v) is 11.5. The average molecular weight is 402 g/mol. The van der Waals surface area contributed by atoms with Crippen LogP contribution in [0, 0.1) is 0 Å². The minimum Gasteiger partial charge on any atom is -0.339 e. The average Bonchev–Trinajstić information content (AvgIpc) is 3.19. The van der Waals surface area contributed by atoms with Crippen LogP contribution in [0.5, 0.6) is 0 Å². The van der Waals surface area contributed by atoms with Gasteiger partial charge in [0.15, 0.2) is 0 Å². The number of benzene rings is 1. The molecule has 0 amide bonds. The molecule has 1 atom stereocenters. The van der Waals surface area contributed by atoms with Crippen LogP contribution in [-0.4, -0.2) is 18.6 Å². The zero-order valence-electron chi connectivity index (χ0n) is 14.6. The zero-order chi connectivity index (χ0) is 18.4. The number of thiophene rings is 1. The number of nitrogens with one attached hydrogen (secondary N) is 1. The monoisotopic (exact) mass is 401 g/mol. The van der Waals surface area contributed by atoms with E-state index in [-0.39, 0.29) is 10.3 Å². The Bertz CT molecular complexity index is 1080. The number of nitrogens with zero attached hydrogens (tertiary/aromatic N) is 2. The normalized spacial score (nSPS) is 19.8. The van der Waals surface area contributed by atoms with Gasteiger partial charge in [-0.2, -0.15) is 4.98 Å². The first kappa shape index (κ1) is 17.1. The highest BCUT2D eigenvalue weighted by Crippen LogP contribution is 2.40. The van der Waals surface area contributed by atoms with Crippen molar-refractivity contribution in [2.75, 3.05) is 0 Å². The van der Waals surface area contributed by atoms with Crippen LogP contribution in [0.1, 0.15) is 54.7 Å². The molecule has 0 spiro atoms. The third kappa shape index (κ3) is 3.33. The third-order valence-electron chi connectivity index (χ3n) is 5.13. The smallest absolute Gasteiger partial charge is 0.250 e. The lowest BCUT2D eigenvalue weighted by Gasteiger charge is -2.25. The van der Waals surface area contributed by atoms with E-state index in [1.165, 1.54) is 16.9 Å². The molecule has 5 rings (SSSR count). The molecule has 1 unspecified atom stereocenters. The molecule has 2 aliphatic rings. The lowest BCUT2D eigenvalue weighted by atomic mass is 9.88. The molecule has 0 radical (unpaired) electrons. The van der Waals surface area contributed by atoms with E-state index in [1.54, 1.807) is 11.4 Å². The number of sulfonamides is 1. The van der Waals surface area contributed by atoms with Crippen molar-refractivity contribution < 1.29 is 12.9 Å². The van der Waals surface area contributed by atoms with Crippen LogP contribution in [0.2, 0.25) is 0 Å². The first-order valence-electron chi connectivity index (χ1n) is 9.13. The van der Waals surface area contributed by atoms with Gasteiger partial charge < -0.3 is 4.52 Å². The highest BCUT2D eigenvalue weighted by molar-refractivity contribution is 7.91. The highest BCUT2D eigenvalue weighted by atomic mass is 32.2. The Labute approximate surface area is 161 Å². The van der Waals surface area contributed by atoms with Crippen molar-refractivity contribution in [3.63, 3.8) is 0 Å². The third-order valence-corrected chi connectivity index (χ3v) is 8.04. The van der Waals surface area contributed by atoms with Crippen LogP contribution in [0.4, 0.5) is 0 Å². The molecule has 0 bridgehead atoms. The summed E-state index contributed by atoms with van der Waals surface area (Å²) in [5, 5.41) is 5.76. The van der Waals surface area contributed by atoms with E-state index < -0.39 is 10.0 Å². The van der Waals surface area contributed by atoms with E-state index in [2.05, 4.69) is 20.9 Å². The number of hydrogen-bond donors (Lipinski definition) is 1. The van der Waals surface area contributed by atoms with Gasteiger partial charge in [-0.15, -0.1) is 11.3 Å². The molecule has 3 aromatic rings. The lowest BCUT2D eigenvalue weighted by molar-refractivity contribution is 0.380. The van der Waals surface area contributed by atoms with Crippen molar-refractivity contribution in [2.45, 2.75) is 48.3 Å². The molecular weight excluding hydrogens is 382 g/mol. The first-order chi connectivity index (χ1) is 13.1. The van der Waals surface area contributed by atoms with Gasteiger partial charge in [-0.1, -0.05) is 29.4 Å². The van der Waals surface area contributed by atoms with Gasteiger partial charge in [-0.3, -0.25) is 0 Å². The predicted octanol–water partition coefficient (Wildman–Crippen LogP) is 4.03. The van der Waals surface area contributed by atoms with Crippen LogP contribution < -0.4 is 4.72 Å². The van der Waals surface area contributed by atoms with Gasteiger partial charge in [0.25, 0.3) is 10.0 Å². The van der Waals surface area contributed by atoms with Gasteiger partial charge in [-0.05, 0) is 49.3 Å². The van der Waals surface area contributed by atoms with Gasteiger partial charge in [0.05, 0.1) is 0 Å². The van der Waals surface area contributed by atoms with Crippen LogP contribution in [0.15, 0.2) is 44.4 Å². The molecule has 2 heterocycles. The zero-order valence-corrected chi connectivity index (χ0v) is 16.2. The van der Waals surface area contributed by atoms with Crippen molar-refractivity contribution in [3.05, 3.63) is 52.7 Å². The van der Waals surface area contributed by atoms with Gasteiger partial charge in [0.2, 0.25) is 11.7 Å². The van der Waals surface area contributed by atoms with Crippen molar-refractivity contribution in [3.8, 4) is 11.4 Å². The van der Waals surface area contributed by atoms with E-state index in [4.69, 9.17) is 4.52 Å². The topological polar surface area (TPSA) is 85.1 Å². The minimum atomic E-state index is -3.60. The fourth-order valence-corrected chi connectivity index (χ4v) is 5.97. The van der Waals surface area contributed by atoms with Gasteiger partial charge >= 0.3 is 0 Å². The molecule has 6 nitrogen and oxygen atoms in total. The lowest BCUT2D eigenvalue weighted by Crippen LogP contribution is -2.30. The number of fused-ring (bicyclic) bond motifs is 1. The Morgan fingerprint density at radius 3 is 2.89 bits per heavy atom. The molecule has 8 heteroatoms. The summed E-state index contributed by atoms with van der Waals surface area (Å²) in [6.45, 7) is 0. The maximum Gasteiger partial charge on any atom is 0.250 e. The van der Waals surface area contributed by atoms with E-state index in [9.17, 15) is 8.42 Å². The van der Waals surface area contributed by atoms with Crippen LogP contribution in [0.3, 0.4) is 0 Å². The van der Waals surface area contributed by atoms with Crippen LogP contribution in [-0.2, 0) is 16.4 Å². The van der Waals surface area contributed by atoms with E-state index in [1.807, 2.05) is 18.2 Å². The quantitative estimate of drug-likeness (QED) is 0.698. The number of hydrogen-bond acceptors (Lipinski definition) is 6. The number of rotatable bonds is 5. The summed E-state index contributed by atoms with van der Waals surface area (Å²) >= 11 is 1.18. The summed E-state index contributed by atoms with van der Waals surface area (Å²) < 4.78 is 34.3. The number of aryl methyl sites for hydroxylation is 1. The van der Waals surface area contributed by atoms with Crippen molar-refractivity contribution in [2.24, 2.45) is 0 Å². The minimum absolute atomic E-state index is 0.183. The predicted molar refractivity (Wildman–Crippen MR) is 102 cm³/mol. The molecule has 140 valence electrons. The molecule has 1 aromatic carbocycles. The molecule has 1 saturated carbocycles. The van der Waals surface area contributed by atoms with Gasteiger partial charge in [0.1, 0.15) is 4.21 Å². The Morgan fingerprint density at radius 1 is 1.19 bits per heavy atom. The Morgan fingerprint density at radius 2 is 2.04 bits per heavy atom.